The first-order valence-corrected chi connectivity index (χ1v) is 5.87. The first-order chi connectivity index (χ1) is 7.52. The van der Waals surface area contributed by atoms with Crippen LogP contribution in [0.2, 0.25) is 0 Å². The first kappa shape index (κ1) is 13.0. The average molecular weight is 226 g/mol. The largest absolute Gasteiger partial charge is 0.379 e. The van der Waals surface area contributed by atoms with Gasteiger partial charge in [0.2, 0.25) is 0 Å². The molecule has 0 aliphatic carbocycles. The van der Waals surface area contributed by atoms with Crippen LogP contribution in [0.1, 0.15) is 33.7 Å². The van der Waals surface area contributed by atoms with Crippen LogP contribution in [0.3, 0.4) is 0 Å². The molecular weight excluding hydrogens is 204 g/mol. The van der Waals surface area contributed by atoms with Crippen molar-refractivity contribution in [2.24, 2.45) is 5.92 Å². The second-order valence-corrected chi connectivity index (χ2v) is 4.74. The molecule has 1 aromatic rings. The molecule has 0 saturated carbocycles. The molecule has 1 heterocycles. The van der Waals surface area contributed by atoms with Gasteiger partial charge in [0.05, 0.1) is 13.2 Å². The van der Waals surface area contributed by atoms with Crippen LogP contribution in [0.25, 0.3) is 0 Å². The second kappa shape index (κ2) is 5.89. The van der Waals surface area contributed by atoms with Crippen molar-refractivity contribution in [1.82, 2.24) is 9.13 Å². The monoisotopic (exact) mass is 226 g/mol. The highest BCUT2D eigenvalue weighted by molar-refractivity contribution is 4.83. The summed E-state index contributed by atoms with van der Waals surface area (Å²) in [5.41, 5.74) is 0.0446. The lowest BCUT2D eigenvalue weighted by atomic mass is 10.2. The molecule has 0 atom stereocenters. The molecule has 0 N–H and O–H groups in total. The lowest BCUT2D eigenvalue weighted by Crippen LogP contribution is -2.26. The van der Waals surface area contributed by atoms with E-state index in [1.165, 1.54) is 0 Å². The summed E-state index contributed by atoms with van der Waals surface area (Å²) >= 11 is 0. The maximum Gasteiger partial charge on any atom is 0.328 e. The van der Waals surface area contributed by atoms with E-state index in [0.717, 1.165) is 6.61 Å². The van der Waals surface area contributed by atoms with Crippen molar-refractivity contribution in [3.63, 3.8) is 0 Å². The molecule has 0 amide bonds. The van der Waals surface area contributed by atoms with Gasteiger partial charge in [-0.05, 0) is 19.8 Å². The molecule has 0 unspecified atom stereocenters. The molecule has 0 aliphatic heterocycles. The first-order valence-electron chi connectivity index (χ1n) is 5.87. The zero-order valence-electron chi connectivity index (χ0n) is 10.6. The summed E-state index contributed by atoms with van der Waals surface area (Å²) in [6.45, 7) is 10.2. The molecule has 1 rings (SSSR count). The highest BCUT2D eigenvalue weighted by atomic mass is 16.5. The zero-order valence-corrected chi connectivity index (χ0v) is 10.6. The van der Waals surface area contributed by atoms with Gasteiger partial charge in [-0.25, -0.2) is 4.79 Å². The Hall–Kier alpha value is -1.03. The van der Waals surface area contributed by atoms with Crippen LogP contribution in [0, 0.1) is 5.92 Å². The summed E-state index contributed by atoms with van der Waals surface area (Å²) in [6, 6.07) is 0.213. The second-order valence-electron chi connectivity index (χ2n) is 4.74. The fourth-order valence-corrected chi connectivity index (χ4v) is 1.47. The molecule has 0 aliphatic rings. The molecule has 1 aromatic heterocycles. The van der Waals surface area contributed by atoms with Crippen molar-refractivity contribution < 1.29 is 4.74 Å². The van der Waals surface area contributed by atoms with Gasteiger partial charge in [-0.15, -0.1) is 0 Å². The average Bonchev–Trinajstić information content (AvgIpc) is 2.54. The molecule has 92 valence electrons. The highest BCUT2D eigenvalue weighted by Crippen LogP contribution is 1.99. The number of nitrogens with zero attached hydrogens (tertiary/aromatic N) is 2. The summed E-state index contributed by atoms with van der Waals surface area (Å²) in [5, 5.41) is 0. The van der Waals surface area contributed by atoms with Crippen LogP contribution in [0.5, 0.6) is 0 Å². The van der Waals surface area contributed by atoms with Gasteiger partial charge in [-0.2, -0.15) is 0 Å². The van der Waals surface area contributed by atoms with E-state index < -0.39 is 0 Å². The van der Waals surface area contributed by atoms with Crippen molar-refractivity contribution in [2.75, 3.05) is 13.2 Å². The maximum atomic E-state index is 11.8. The predicted octanol–water partition coefficient (Wildman–Crippen LogP) is 1.90. The minimum atomic E-state index is 0.0446. The molecular formula is C12H22N2O2. The summed E-state index contributed by atoms with van der Waals surface area (Å²) in [6.07, 6.45) is 3.65. The molecule has 0 fully saturated rings. The fourth-order valence-electron chi connectivity index (χ4n) is 1.47. The molecule has 4 nitrogen and oxygen atoms in total. The third-order valence-electron chi connectivity index (χ3n) is 2.36. The van der Waals surface area contributed by atoms with Crippen molar-refractivity contribution in [3.05, 3.63) is 22.9 Å². The molecule has 0 aromatic carbocycles. The number of hydrogen-bond acceptors (Lipinski definition) is 2. The van der Waals surface area contributed by atoms with Crippen molar-refractivity contribution in [1.29, 1.82) is 0 Å². The van der Waals surface area contributed by atoms with Gasteiger partial charge in [-0.1, -0.05) is 13.8 Å². The number of hydrogen-bond donors (Lipinski definition) is 0. The van der Waals surface area contributed by atoms with E-state index in [-0.39, 0.29) is 11.7 Å². The Morgan fingerprint density at radius 1 is 1.25 bits per heavy atom. The molecule has 4 heteroatoms. The van der Waals surface area contributed by atoms with Gasteiger partial charge in [-0.3, -0.25) is 9.13 Å². The van der Waals surface area contributed by atoms with Crippen LogP contribution in [-0.2, 0) is 11.3 Å². The Labute approximate surface area is 96.8 Å². The third kappa shape index (κ3) is 3.52. The quantitative estimate of drug-likeness (QED) is 0.695. The van der Waals surface area contributed by atoms with Gasteiger partial charge in [0.1, 0.15) is 0 Å². The Morgan fingerprint density at radius 2 is 1.94 bits per heavy atom. The van der Waals surface area contributed by atoms with E-state index in [4.69, 9.17) is 4.74 Å². The SMILES string of the molecule is CC(C)COCCn1ccn(C(C)C)c1=O. The lowest BCUT2D eigenvalue weighted by molar-refractivity contribution is 0.102. The van der Waals surface area contributed by atoms with E-state index in [0.29, 0.717) is 19.1 Å². The lowest BCUT2D eigenvalue weighted by Gasteiger charge is -2.07. The van der Waals surface area contributed by atoms with Crippen LogP contribution in [-0.4, -0.2) is 22.3 Å². The van der Waals surface area contributed by atoms with E-state index in [1.54, 1.807) is 9.13 Å². The molecule has 0 radical (unpaired) electrons. The maximum absolute atomic E-state index is 11.8. The van der Waals surface area contributed by atoms with Crippen molar-refractivity contribution >= 4 is 0 Å². The summed E-state index contributed by atoms with van der Waals surface area (Å²) in [7, 11) is 0. The van der Waals surface area contributed by atoms with Gasteiger partial charge < -0.3 is 4.74 Å². The van der Waals surface area contributed by atoms with E-state index in [9.17, 15) is 4.79 Å². The van der Waals surface area contributed by atoms with E-state index in [1.807, 2.05) is 26.2 Å². The molecule has 0 saturated heterocycles. The number of imidazole rings is 1. The Morgan fingerprint density at radius 3 is 2.44 bits per heavy atom. The minimum Gasteiger partial charge on any atom is -0.379 e. The van der Waals surface area contributed by atoms with Gasteiger partial charge in [0.15, 0.2) is 0 Å². The topological polar surface area (TPSA) is 36.2 Å². The fraction of sp³-hybridized carbons (Fsp3) is 0.750. The Balaban J connectivity index is 2.46. The van der Waals surface area contributed by atoms with Gasteiger partial charge in [0.25, 0.3) is 0 Å². The smallest absolute Gasteiger partial charge is 0.328 e. The van der Waals surface area contributed by atoms with Crippen LogP contribution in [0.4, 0.5) is 0 Å². The van der Waals surface area contributed by atoms with Crippen molar-refractivity contribution in [3.8, 4) is 0 Å². The van der Waals surface area contributed by atoms with Crippen molar-refractivity contribution in [2.45, 2.75) is 40.3 Å². The van der Waals surface area contributed by atoms with Gasteiger partial charge >= 0.3 is 5.69 Å². The predicted molar refractivity (Wildman–Crippen MR) is 64.7 cm³/mol. The van der Waals surface area contributed by atoms with Gasteiger partial charge in [0, 0.05) is 25.0 Å². The minimum absolute atomic E-state index is 0.0446. The normalized spacial score (nSPS) is 11.6. The zero-order chi connectivity index (χ0) is 12.1. The summed E-state index contributed by atoms with van der Waals surface area (Å²) in [5.74, 6) is 0.539. The molecule has 0 bridgehead atoms. The van der Waals surface area contributed by atoms with Crippen LogP contribution < -0.4 is 5.69 Å². The Bertz CT molecular complexity index is 363. The van der Waals surface area contributed by atoms with Crippen LogP contribution in [0.15, 0.2) is 17.2 Å². The summed E-state index contributed by atoms with van der Waals surface area (Å²) < 4.78 is 8.87. The number of ether oxygens (including phenoxy) is 1. The summed E-state index contributed by atoms with van der Waals surface area (Å²) in [4.78, 5) is 11.8. The number of rotatable bonds is 6. The molecule has 0 spiro atoms. The van der Waals surface area contributed by atoms with E-state index in [2.05, 4.69) is 13.8 Å². The Kier molecular flexibility index (Phi) is 4.80. The standard InChI is InChI=1S/C12H22N2O2/c1-10(2)9-16-8-7-13-5-6-14(11(3)4)12(13)15/h5-6,10-11H,7-9H2,1-4H3. The van der Waals surface area contributed by atoms with Crippen LogP contribution >= 0.6 is 0 Å². The highest BCUT2D eigenvalue weighted by Gasteiger charge is 2.05. The number of aromatic nitrogens is 2. The molecule has 16 heavy (non-hydrogen) atoms. The van der Waals surface area contributed by atoms with E-state index >= 15 is 0 Å². The third-order valence-corrected chi connectivity index (χ3v) is 2.36.